The molecule has 0 aliphatic rings. The van der Waals surface area contributed by atoms with Crippen LogP contribution in [0.4, 0.5) is 0 Å². The number of hydrogen-bond donors (Lipinski definition) is 2. The number of benzene rings is 1. The van der Waals surface area contributed by atoms with Crippen molar-refractivity contribution in [2.45, 2.75) is 26.9 Å². The van der Waals surface area contributed by atoms with Gasteiger partial charge in [-0.3, -0.25) is 14.7 Å². The average Bonchev–Trinajstić information content (AvgIpc) is 2.38. The fourth-order valence-corrected chi connectivity index (χ4v) is 2.06. The molecule has 20 heavy (non-hydrogen) atoms. The van der Waals surface area contributed by atoms with Crippen LogP contribution in [-0.2, 0) is 13.1 Å². The van der Waals surface area contributed by atoms with E-state index in [0.29, 0.717) is 18.8 Å². The van der Waals surface area contributed by atoms with Gasteiger partial charge in [0.25, 0.3) is 5.56 Å². The minimum Gasteiger partial charge on any atom is -0.296 e. The van der Waals surface area contributed by atoms with Crippen LogP contribution in [0.3, 0.4) is 0 Å². The number of hydrogen-bond acceptors (Lipinski definition) is 4. The molecule has 6 heteroatoms. The number of nitrogens with zero attached hydrogens (tertiary/aromatic N) is 2. The highest BCUT2D eigenvalue weighted by atomic mass is 16.2. The highest BCUT2D eigenvalue weighted by molar-refractivity contribution is 5.32. The summed E-state index contributed by atoms with van der Waals surface area (Å²) in [5, 5.41) is 6.02. The molecule has 0 unspecified atom stereocenters. The first-order valence-electron chi connectivity index (χ1n) is 6.39. The molecule has 106 valence electrons. The third-order valence-electron chi connectivity index (χ3n) is 3.36. The van der Waals surface area contributed by atoms with Crippen LogP contribution in [0.15, 0.2) is 27.8 Å². The molecule has 0 amide bonds. The van der Waals surface area contributed by atoms with Crippen molar-refractivity contribution in [3.05, 3.63) is 61.4 Å². The molecular weight excluding hydrogens is 256 g/mol. The summed E-state index contributed by atoms with van der Waals surface area (Å²) in [6.07, 6.45) is 0. The molecule has 0 radical (unpaired) electrons. The number of aromatic nitrogens is 3. The Morgan fingerprint density at radius 2 is 1.95 bits per heavy atom. The molecule has 2 rings (SSSR count). The standard InChI is InChI=1S/C14H18N4O2/c1-9-5-4-6-11(10(9)2)7-18(3)8-12-13(19)15-14(20)17-16-12/h4-6H,7-8H2,1-3H3,(H2,15,17,19,20). The van der Waals surface area contributed by atoms with Crippen molar-refractivity contribution >= 4 is 0 Å². The molecule has 1 heterocycles. The van der Waals surface area contributed by atoms with Crippen molar-refractivity contribution in [1.29, 1.82) is 0 Å². The van der Waals surface area contributed by atoms with Crippen LogP contribution in [0.25, 0.3) is 0 Å². The van der Waals surface area contributed by atoms with Gasteiger partial charge in [0.2, 0.25) is 0 Å². The molecule has 0 saturated heterocycles. The van der Waals surface area contributed by atoms with E-state index < -0.39 is 11.2 Å². The Labute approximate surface area is 116 Å². The van der Waals surface area contributed by atoms with Gasteiger partial charge in [0.15, 0.2) is 0 Å². The van der Waals surface area contributed by atoms with E-state index in [1.54, 1.807) is 0 Å². The van der Waals surface area contributed by atoms with Gasteiger partial charge in [0.05, 0.1) is 0 Å². The predicted molar refractivity (Wildman–Crippen MR) is 76.6 cm³/mol. The molecule has 0 aliphatic heterocycles. The lowest BCUT2D eigenvalue weighted by Crippen LogP contribution is -2.31. The fraction of sp³-hybridized carbons (Fsp3) is 0.357. The first kappa shape index (κ1) is 14.2. The zero-order valence-electron chi connectivity index (χ0n) is 11.9. The highest BCUT2D eigenvalue weighted by Gasteiger charge is 2.09. The Morgan fingerprint density at radius 3 is 2.65 bits per heavy atom. The molecule has 0 aliphatic carbocycles. The lowest BCUT2D eigenvalue weighted by Gasteiger charge is -2.17. The molecule has 1 aromatic carbocycles. The molecule has 2 N–H and O–H groups in total. The average molecular weight is 274 g/mol. The Hall–Kier alpha value is -2.21. The van der Waals surface area contributed by atoms with Crippen molar-refractivity contribution in [1.82, 2.24) is 20.1 Å². The predicted octanol–water partition coefficient (Wildman–Crippen LogP) is 0.707. The summed E-state index contributed by atoms with van der Waals surface area (Å²) in [6, 6.07) is 6.17. The molecule has 1 aromatic heterocycles. The van der Waals surface area contributed by atoms with Gasteiger partial charge >= 0.3 is 5.69 Å². The minimum atomic E-state index is -0.587. The van der Waals surface area contributed by atoms with Gasteiger partial charge < -0.3 is 0 Å². The topological polar surface area (TPSA) is 81.8 Å². The van der Waals surface area contributed by atoms with Gasteiger partial charge in [-0.15, -0.1) is 0 Å². The normalized spacial score (nSPS) is 11.0. The van der Waals surface area contributed by atoms with Crippen LogP contribution < -0.4 is 11.2 Å². The molecule has 0 spiro atoms. The molecule has 0 fully saturated rings. The van der Waals surface area contributed by atoms with E-state index in [9.17, 15) is 9.59 Å². The van der Waals surface area contributed by atoms with E-state index in [4.69, 9.17) is 0 Å². The summed E-state index contributed by atoms with van der Waals surface area (Å²) < 4.78 is 0. The maximum atomic E-state index is 11.6. The van der Waals surface area contributed by atoms with Gasteiger partial charge in [-0.2, -0.15) is 5.10 Å². The molecule has 6 nitrogen and oxygen atoms in total. The van der Waals surface area contributed by atoms with Crippen LogP contribution in [0.2, 0.25) is 0 Å². The van der Waals surface area contributed by atoms with E-state index >= 15 is 0 Å². The minimum absolute atomic E-state index is 0.303. The van der Waals surface area contributed by atoms with Crippen molar-refractivity contribution < 1.29 is 0 Å². The first-order valence-corrected chi connectivity index (χ1v) is 6.39. The van der Waals surface area contributed by atoms with Crippen molar-refractivity contribution in [2.75, 3.05) is 7.05 Å². The van der Waals surface area contributed by atoms with E-state index in [0.717, 1.165) is 0 Å². The zero-order chi connectivity index (χ0) is 14.7. The van der Waals surface area contributed by atoms with E-state index in [-0.39, 0.29) is 0 Å². The number of aromatic amines is 2. The van der Waals surface area contributed by atoms with E-state index in [1.807, 2.05) is 18.0 Å². The molecule has 2 aromatic rings. The second-order valence-electron chi connectivity index (χ2n) is 4.98. The summed E-state index contributed by atoms with van der Waals surface area (Å²) in [4.78, 5) is 26.7. The maximum absolute atomic E-state index is 11.6. The summed E-state index contributed by atoms with van der Waals surface area (Å²) >= 11 is 0. The van der Waals surface area contributed by atoms with Crippen LogP contribution >= 0.6 is 0 Å². The summed E-state index contributed by atoms with van der Waals surface area (Å²) in [7, 11) is 1.91. The second-order valence-corrected chi connectivity index (χ2v) is 4.98. The molecular formula is C14H18N4O2. The summed E-state index contributed by atoms with van der Waals surface area (Å²) in [5.41, 5.74) is 2.99. The maximum Gasteiger partial charge on any atom is 0.342 e. The van der Waals surface area contributed by atoms with Crippen molar-refractivity contribution in [2.24, 2.45) is 0 Å². The lowest BCUT2D eigenvalue weighted by atomic mass is 10.0. The Kier molecular flexibility index (Phi) is 4.14. The number of rotatable bonds is 4. The van der Waals surface area contributed by atoms with Crippen LogP contribution in [-0.4, -0.2) is 27.1 Å². The second kappa shape index (κ2) is 5.83. The monoisotopic (exact) mass is 274 g/mol. The van der Waals surface area contributed by atoms with Gasteiger partial charge in [-0.25, -0.2) is 9.89 Å². The molecule has 0 saturated carbocycles. The highest BCUT2D eigenvalue weighted by Crippen LogP contribution is 2.14. The van der Waals surface area contributed by atoms with E-state index in [2.05, 4.69) is 41.2 Å². The van der Waals surface area contributed by atoms with Gasteiger partial charge in [0.1, 0.15) is 5.69 Å². The van der Waals surface area contributed by atoms with Crippen molar-refractivity contribution in [3.8, 4) is 0 Å². The largest absolute Gasteiger partial charge is 0.342 e. The lowest BCUT2D eigenvalue weighted by molar-refractivity contribution is 0.311. The smallest absolute Gasteiger partial charge is 0.296 e. The SMILES string of the molecule is Cc1cccc(CN(C)Cc2n[nH]c(=O)[nH]c2=O)c1C. The summed E-state index contributed by atoms with van der Waals surface area (Å²) in [6.45, 7) is 5.25. The van der Waals surface area contributed by atoms with Crippen LogP contribution in [0, 0.1) is 13.8 Å². The zero-order valence-corrected chi connectivity index (χ0v) is 11.9. The number of H-pyrrole nitrogens is 2. The van der Waals surface area contributed by atoms with Gasteiger partial charge in [0, 0.05) is 13.1 Å². The number of nitrogens with one attached hydrogen (secondary N) is 2. The fourth-order valence-electron chi connectivity index (χ4n) is 2.06. The summed E-state index contributed by atoms with van der Waals surface area (Å²) in [5.74, 6) is 0. The third-order valence-corrected chi connectivity index (χ3v) is 3.36. The quantitative estimate of drug-likeness (QED) is 0.860. The van der Waals surface area contributed by atoms with Crippen LogP contribution in [0.1, 0.15) is 22.4 Å². The third kappa shape index (κ3) is 3.21. The first-order chi connectivity index (χ1) is 9.47. The number of aryl methyl sites for hydroxylation is 1. The van der Waals surface area contributed by atoms with Gasteiger partial charge in [-0.1, -0.05) is 18.2 Å². The molecule has 0 atom stereocenters. The Balaban J connectivity index is 2.13. The molecule has 0 bridgehead atoms. The van der Waals surface area contributed by atoms with Gasteiger partial charge in [-0.05, 0) is 37.6 Å². The van der Waals surface area contributed by atoms with Crippen LogP contribution in [0.5, 0.6) is 0 Å². The van der Waals surface area contributed by atoms with E-state index in [1.165, 1.54) is 16.7 Å². The Morgan fingerprint density at radius 1 is 1.20 bits per heavy atom. The Bertz CT molecular complexity index is 718. The van der Waals surface area contributed by atoms with Crippen molar-refractivity contribution in [3.63, 3.8) is 0 Å².